The number of halogens is 3. The van der Waals surface area contributed by atoms with Gasteiger partial charge in [0.25, 0.3) is 0 Å². The highest BCUT2D eigenvalue weighted by Gasteiger charge is 2.34. The summed E-state index contributed by atoms with van der Waals surface area (Å²) in [5, 5.41) is 0.457. The maximum Gasteiger partial charge on any atom is 0.416 e. The van der Waals surface area contributed by atoms with E-state index in [0.717, 1.165) is 23.9 Å². The Balaban J connectivity index is 2.30. The molecule has 2 rings (SSSR count). The predicted molar refractivity (Wildman–Crippen MR) is 81.8 cm³/mol. The van der Waals surface area contributed by atoms with Gasteiger partial charge >= 0.3 is 12.1 Å². The average molecular weight is 347 g/mol. The van der Waals surface area contributed by atoms with Crippen molar-refractivity contribution in [2.24, 2.45) is 4.99 Å². The van der Waals surface area contributed by atoms with Crippen LogP contribution in [-0.2, 0) is 15.7 Å². The SMILES string of the molecule is CCOC(=O)CSC1=NC(C)(C)Oc2cc(C(F)(F)F)ccc21. The largest absolute Gasteiger partial charge is 0.466 e. The number of aliphatic imine (C=N–C) groups is 1. The first-order valence-electron chi connectivity index (χ1n) is 6.91. The van der Waals surface area contributed by atoms with Gasteiger partial charge in [0.1, 0.15) is 10.8 Å². The Kier molecular flexibility index (Phi) is 4.93. The number of carbonyl (C=O) groups is 1. The van der Waals surface area contributed by atoms with Crippen LogP contribution in [0.1, 0.15) is 31.9 Å². The molecule has 1 heterocycles. The summed E-state index contributed by atoms with van der Waals surface area (Å²) in [6.45, 7) is 5.25. The minimum absolute atomic E-state index is 0.0310. The topological polar surface area (TPSA) is 47.9 Å². The van der Waals surface area contributed by atoms with E-state index in [1.165, 1.54) is 6.07 Å². The normalized spacial score (nSPS) is 16.2. The third kappa shape index (κ3) is 4.40. The number of benzene rings is 1. The lowest BCUT2D eigenvalue weighted by atomic mass is 10.1. The molecule has 0 aromatic heterocycles. The Morgan fingerprint density at radius 2 is 2.09 bits per heavy atom. The molecule has 0 atom stereocenters. The molecule has 0 saturated heterocycles. The Morgan fingerprint density at radius 1 is 1.39 bits per heavy atom. The van der Waals surface area contributed by atoms with Gasteiger partial charge in [-0.1, -0.05) is 11.8 Å². The maximum absolute atomic E-state index is 12.8. The highest BCUT2D eigenvalue weighted by Crippen LogP contribution is 2.38. The standard InChI is InChI=1S/C15H16F3NO3S/c1-4-21-12(20)8-23-13-10-6-5-9(15(16,17)18)7-11(10)22-14(2,3)19-13/h5-7H,4,8H2,1-3H3. The van der Waals surface area contributed by atoms with Gasteiger partial charge in [-0.15, -0.1) is 0 Å². The number of rotatable bonds is 3. The second-order valence-electron chi connectivity index (χ2n) is 5.27. The zero-order valence-corrected chi connectivity index (χ0v) is 13.7. The molecule has 1 aromatic rings. The van der Waals surface area contributed by atoms with Crippen LogP contribution in [0.15, 0.2) is 23.2 Å². The molecule has 0 saturated carbocycles. The van der Waals surface area contributed by atoms with Crippen molar-refractivity contribution >= 4 is 22.8 Å². The Bertz CT molecular complexity index is 641. The molecular weight excluding hydrogens is 331 g/mol. The van der Waals surface area contributed by atoms with Gasteiger partial charge in [-0.2, -0.15) is 13.2 Å². The van der Waals surface area contributed by atoms with E-state index in [4.69, 9.17) is 9.47 Å². The average Bonchev–Trinajstić information content (AvgIpc) is 2.42. The highest BCUT2D eigenvalue weighted by molar-refractivity contribution is 8.15. The molecule has 0 aliphatic carbocycles. The molecule has 4 nitrogen and oxygen atoms in total. The Hall–Kier alpha value is -1.70. The molecule has 1 aliphatic rings. The summed E-state index contributed by atoms with van der Waals surface area (Å²) in [7, 11) is 0. The summed E-state index contributed by atoms with van der Waals surface area (Å²) >= 11 is 1.12. The summed E-state index contributed by atoms with van der Waals surface area (Å²) < 4.78 is 48.9. The molecule has 0 amide bonds. The molecule has 1 aliphatic heterocycles. The minimum Gasteiger partial charge on any atom is -0.466 e. The fourth-order valence-corrected chi connectivity index (χ4v) is 2.94. The third-order valence-corrected chi connectivity index (χ3v) is 3.87. The number of alkyl halides is 3. The van der Waals surface area contributed by atoms with Gasteiger partial charge in [0, 0.05) is 5.56 Å². The van der Waals surface area contributed by atoms with Crippen molar-refractivity contribution in [3.63, 3.8) is 0 Å². The first kappa shape index (κ1) is 17.7. The van der Waals surface area contributed by atoms with Crippen LogP contribution < -0.4 is 4.74 Å². The van der Waals surface area contributed by atoms with Crippen LogP contribution in [0.3, 0.4) is 0 Å². The van der Waals surface area contributed by atoms with Crippen molar-refractivity contribution < 1.29 is 27.4 Å². The lowest BCUT2D eigenvalue weighted by molar-refractivity contribution is -0.140. The fraction of sp³-hybridized carbons (Fsp3) is 0.467. The molecular formula is C15H16F3NO3S. The number of nitrogens with zero attached hydrogens (tertiary/aromatic N) is 1. The molecule has 0 unspecified atom stereocenters. The summed E-state index contributed by atoms with van der Waals surface area (Å²) in [4.78, 5) is 15.8. The van der Waals surface area contributed by atoms with E-state index in [0.29, 0.717) is 10.6 Å². The summed E-state index contributed by atoms with van der Waals surface area (Å²) in [6, 6.07) is 3.24. The van der Waals surface area contributed by atoms with Gasteiger partial charge in [0.15, 0.2) is 5.72 Å². The van der Waals surface area contributed by atoms with Gasteiger partial charge in [-0.05, 0) is 39.0 Å². The van der Waals surface area contributed by atoms with Crippen LogP contribution in [0.2, 0.25) is 0 Å². The lowest BCUT2D eigenvalue weighted by Crippen LogP contribution is -2.31. The zero-order chi connectivity index (χ0) is 17.3. The molecule has 23 heavy (non-hydrogen) atoms. The molecule has 0 spiro atoms. The van der Waals surface area contributed by atoms with Gasteiger partial charge < -0.3 is 9.47 Å². The van der Waals surface area contributed by atoms with Crippen LogP contribution in [0.5, 0.6) is 5.75 Å². The number of fused-ring (bicyclic) bond motifs is 1. The van der Waals surface area contributed by atoms with Gasteiger partial charge in [-0.25, -0.2) is 4.99 Å². The number of hydrogen-bond acceptors (Lipinski definition) is 5. The van der Waals surface area contributed by atoms with Crippen molar-refractivity contribution in [2.45, 2.75) is 32.7 Å². The summed E-state index contributed by atoms with van der Waals surface area (Å²) in [6.07, 6.45) is -4.45. The van der Waals surface area contributed by atoms with E-state index in [1.54, 1.807) is 20.8 Å². The fourth-order valence-electron chi connectivity index (χ4n) is 2.00. The first-order valence-corrected chi connectivity index (χ1v) is 7.90. The van der Waals surface area contributed by atoms with Gasteiger partial charge in [0.05, 0.1) is 17.9 Å². The number of esters is 1. The van der Waals surface area contributed by atoms with E-state index in [2.05, 4.69) is 4.99 Å². The second kappa shape index (κ2) is 6.43. The molecule has 0 N–H and O–H groups in total. The second-order valence-corrected chi connectivity index (χ2v) is 6.23. The smallest absolute Gasteiger partial charge is 0.416 e. The molecule has 0 radical (unpaired) electrons. The molecule has 1 aromatic carbocycles. The van der Waals surface area contributed by atoms with Crippen LogP contribution in [0, 0.1) is 0 Å². The minimum atomic E-state index is -4.45. The van der Waals surface area contributed by atoms with Crippen molar-refractivity contribution in [1.29, 1.82) is 0 Å². The zero-order valence-electron chi connectivity index (χ0n) is 12.9. The van der Waals surface area contributed by atoms with Crippen LogP contribution in [-0.4, -0.2) is 29.1 Å². The Morgan fingerprint density at radius 3 is 2.70 bits per heavy atom. The first-order chi connectivity index (χ1) is 10.6. The monoisotopic (exact) mass is 347 g/mol. The molecule has 0 fully saturated rings. The quantitative estimate of drug-likeness (QED) is 0.779. The van der Waals surface area contributed by atoms with Crippen molar-refractivity contribution in [3.05, 3.63) is 29.3 Å². The maximum atomic E-state index is 12.8. The van der Waals surface area contributed by atoms with E-state index in [1.807, 2.05) is 0 Å². The number of thioether (sulfide) groups is 1. The van der Waals surface area contributed by atoms with Gasteiger partial charge in [0.2, 0.25) is 0 Å². The van der Waals surface area contributed by atoms with Crippen LogP contribution >= 0.6 is 11.8 Å². The van der Waals surface area contributed by atoms with Crippen LogP contribution in [0.4, 0.5) is 13.2 Å². The third-order valence-electron chi connectivity index (χ3n) is 2.90. The number of hydrogen-bond donors (Lipinski definition) is 0. The predicted octanol–water partition coefficient (Wildman–Crippen LogP) is 3.88. The van der Waals surface area contributed by atoms with E-state index >= 15 is 0 Å². The molecule has 0 bridgehead atoms. The van der Waals surface area contributed by atoms with E-state index < -0.39 is 23.4 Å². The van der Waals surface area contributed by atoms with Crippen LogP contribution in [0.25, 0.3) is 0 Å². The number of ether oxygens (including phenoxy) is 2. The molecule has 8 heteroatoms. The van der Waals surface area contributed by atoms with Crippen molar-refractivity contribution in [3.8, 4) is 5.75 Å². The Labute approximate surface area is 136 Å². The van der Waals surface area contributed by atoms with Crippen molar-refractivity contribution in [2.75, 3.05) is 12.4 Å². The highest BCUT2D eigenvalue weighted by atomic mass is 32.2. The number of carbonyl (C=O) groups excluding carboxylic acids is 1. The molecule has 126 valence electrons. The summed E-state index contributed by atoms with van der Waals surface area (Å²) in [5.41, 5.74) is -1.36. The summed E-state index contributed by atoms with van der Waals surface area (Å²) in [5.74, 6) is -0.271. The lowest BCUT2D eigenvalue weighted by Gasteiger charge is -2.30. The van der Waals surface area contributed by atoms with Gasteiger partial charge in [-0.3, -0.25) is 4.79 Å². The van der Waals surface area contributed by atoms with Crippen molar-refractivity contribution in [1.82, 2.24) is 0 Å². The van der Waals surface area contributed by atoms with E-state index in [-0.39, 0.29) is 18.1 Å². The van der Waals surface area contributed by atoms with E-state index in [9.17, 15) is 18.0 Å².